The number of benzene rings is 1. The molecule has 2 rings (SSSR count). The minimum Gasteiger partial charge on any atom is -0.370 e. The van der Waals surface area contributed by atoms with Crippen LogP contribution >= 0.6 is 0 Å². The van der Waals surface area contributed by atoms with E-state index in [1.807, 2.05) is 6.92 Å². The van der Waals surface area contributed by atoms with Gasteiger partial charge in [-0.2, -0.15) is 0 Å². The SMILES string of the molecule is CC(C)c1cccc([C@@H](C)C(=O)NCCC[N+]2(C)CCOCC2)c1. The van der Waals surface area contributed by atoms with Crippen molar-refractivity contribution in [2.75, 3.05) is 46.4 Å². The van der Waals surface area contributed by atoms with E-state index in [2.05, 4.69) is 50.5 Å². The average molecular weight is 333 g/mol. The van der Waals surface area contributed by atoms with E-state index in [1.165, 1.54) is 5.56 Å². The molecule has 1 fully saturated rings. The third-order valence-electron chi connectivity index (χ3n) is 5.20. The maximum atomic E-state index is 12.4. The predicted molar refractivity (Wildman–Crippen MR) is 98.2 cm³/mol. The second-order valence-electron chi connectivity index (χ2n) is 7.59. The summed E-state index contributed by atoms with van der Waals surface area (Å²) in [5, 5.41) is 3.11. The van der Waals surface area contributed by atoms with Gasteiger partial charge in [-0.3, -0.25) is 4.79 Å². The minimum atomic E-state index is -0.100. The summed E-state index contributed by atoms with van der Waals surface area (Å²) in [5.41, 5.74) is 2.39. The van der Waals surface area contributed by atoms with Gasteiger partial charge >= 0.3 is 0 Å². The third kappa shape index (κ3) is 5.32. The van der Waals surface area contributed by atoms with Crippen molar-refractivity contribution in [1.82, 2.24) is 5.32 Å². The number of nitrogens with zero attached hydrogens (tertiary/aromatic N) is 1. The van der Waals surface area contributed by atoms with Gasteiger partial charge in [0.2, 0.25) is 5.91 Å². The first kappa shape index (κ1) is 18.9. The normalized spacial score (nSPS) is 18.4. The Bertz CT molecular complexity index is 536. The zero-order valence-corrected chi connectivity index (χ0v) is 15.7. The maximum absolute atomic E-state index is 12.4. The highest BCUT2D eigenvalue weighted by Crippen LogP contribution is 2.21. The van der Waals surface area contributed by atoms with E-state index in [1.54, 1.807) is 0 Å². The summed E-state index contributed by atoms with van der Waals surface area (Å²) in [4.78, 5) is 12.4. The van der Waals surface area contributed by atoms with E-state index < -0.39 is 0 Å². The Morgan fingerprint density at radius 1 is 1.21 bits per heavy atom. The molecule has 1 aromatic rings. The molecule has 1 atom stereocenters. The lowest BCUT2D eigenvalue weighted by molar-refractivity contribution is -0.916. The van der Waals surface area contributed by atoms with Crippen molar-refractivity contribution in [3.05, 3.63) is 35.4 Å². The fourth-order valence-electron chi connectivity index (χ4n) is 3.17. The molecule has 24 heavy (non-hydrogen) atoms. The lowest BCUT2D eigenvalue weighted by atomic mass is 9.94. The summed E-state index contributed by atoms with van der Waals surface area (Å²) in [5.74, 6) is 0.510. The van der Waals surface area contributed by atoms with Gasteiger partial charge < -0.3 is 14.5 Å². The number of likely N-dealkylation sites (N-methyl/N-ethyl adjacent to an activating group) is 1. The number of amides is 1. The lowest BCUT2D eigenvalue weighted by Gasteiger charge is -2.37. The summed E-state index contributed by atoms with van der Waals surface area (Å²) < 4.78 is 6.49. The van der Waals surface area contributed by atoms with Crippen molar-refractivity contribution in [3.8, 4) is 0 Å². The van der Waals surface area contributed by atoms with E-state index in [-0.39, 0.29) is 11.8 Å². The Hall–Kier alpha value is -1.39. The molecule has 1 aliphatic heterocycles. The van der Waals surface area contributed by atoms with Crippen LogP contribution in [0.25, 0.3) is 0 Å². The lowest BCUT2D eigenvalue weighted by Crippen LogP contribution is -2.52. The maximum Gasteiger partial charge on any atom is 0.227 e. The smallest absolute Gasteiger partial charge is 0.227 e. The van der Waals surface area contributed by atoms with Gasteiger partial charge in [0, 0.05) is 13.0 Å². The molecule has 0 unspecified atom stereocenters. The molecule has 0 saturated carbocycles. The second-order valence-corrected chi connectivity index (χ2v) is 7.59. The molecule has 0 spiro atoms. The van der Waals surface area contributed by atoms with E-state index in [0.29, 0.717) is 5.92 Å². The molecule has 1 aromatic carbocycles. The van der Waals surface area contributed by atoms with Gasteiger partial charge in [0.05, 0.1) is 32.7 Å². The van der Waals surface area contributed by atoms with Crippen LogP contribution in [0.4, 0.5) is 0 Å². The Morgan fingerprint density at radius 3 is 2.54 bits per heavy atom. The average Bonchev–Trinajstić information content (AvgIpc) is 2.58. The van der Waals surface area contributed by atoms with Crippen LogP contribution in [-0.2, 0) is 9.53 Å². The molecule has 1 N–H and O–H groups in total. The van der Waals surface area contributed by atoms with Crippen LogP contribution in [0, 0.1) is 0 Å². The molecule has 0 aliphatic carbocycles. The highest BCUT2D eigenvalue weighted by Gasteiger charge is 2.24. The summed E-state index contributed by atoms with van der Waals surface area (Å²) >= 11 is 0. The Balaban J connectivity index is 1.78. The number of hydrogen-bond acceptors (Lipinski definition) is 2. The quantitative estimate of drug-likeness (QED) is 0.615. The molecule has 0 bridgehead atoms. The van der Waals surface area contributed by atoms with Crippen molar-refractivity contribution in [2.24, 2.45) is 0 Å². The number of morpholine rings is 1. The summed E-state index contributed by atoms with van der Waals surface area (Å²) in [7, 11) is 2.28. The highest BCUT2D eigenvalue weighted by molar-refractivity contribution is 5.83. The van der Waals surface area contributed by atoms with Gasteiger partial charge in [-0.15, -0.1) is 0 Å². The van der Waals surface area contributed by atoms with Gasteiger partial charge in [0.25, 0.3) is 0 Å². The Morgan fingerprint density at radius 2 is 1.88 bits per heavy atom. The number of carbonyl (C=O) groups is 1. The number of quaternary nitrogens is 1. The van der Waals surface area contributed by atoms with Crippen LogP contribution in [0.3, 0.4) is 0 Å². The van der Waals surface area contributed by atoms with Crippen LogP contribution < -0.4 is 5.32 Å². The molecule has 134 valence electrons. The molecule has 4 nitrogen and oxygen atoms in total. The molecule has 4 heteroatoms. The van der Waals surface area contributed by atoms with Gasteiger partial charge in [-0.05, 0) is 24.0 Å². The van der Waals surface area contributed by atoms with Gasteiger partial charge in [0.15, 0.2) is 0 Å². The molecule has 0 radical (unpaired) electrons. The van der Waals surface area contributed by atoms with Crippen molar-refractivity contribution >= 4 is 5.91 Å². The van der Waals surface area contributed by atoms with E-state index in [0.717, 1.165) is 55.9 Å². The van der Waals surface area contributed by atoms with Gasteiger partial charge in [0.1, 0.15) is 13.1 Å². The largest absolute Gasteiger partial charge is 0.370 e. The number of ether oxygens (including phenoxy) is 1. The zero-order chi connectivity index (χ0) is 17.6. The van der Waals surface area contributed by atoms with Crippen LogP contribution in [-0.4, -0.2) is 56.8 Å². The van der Waals surface area contributed by atoms with Crippen molar-refractivity contribution in [1.29, 1.82) is 0 Å². The first-order valence-corrected chi connectivity index (χ1v) is 9.20. The molecule has 1 amide bonds. The first-order chi connectivity index (χ1) is 11.4. The Labute approximate surface area is 146 Å². The minimum absolute atomic E-state index is 0.100. The molecule has 1 heterocycles. The van der Waals surface area contributed by atoms with Crippen molar-refractivity contribution in [3.63, 3.8) is 0 Å². The molecular weight excluding hydrogens is 300 g/mol. The van der Waals surface area contributed by atoms with E-state index in [4.69, 9.17) is 4.74 Å². The number of carbonyl (C=O) groups excluding carboxylic acids is 1. The number of rotatable bonds is 7. The second kappa shape index (κ2) is 8.63. The zero-order valence-electron chi connectivity index (χ0n) is 15.7. The third-order valence-corrected chi connectivity index (χ3v) is 5.20. The monoisotopic (exact) mass is 333 g/mol. The van der Waals surface area contributed by atoms with Crippen LogP contribution in [0.2, 0.25) is 0 Å². The fourth-order valence-corrected chi connectivity index (χ4v) is 3.17. The van der Waals surface area contributed by atoms with Gasteiger partial charge in [-0.1, -0.05) is 38.1 Å². The molecule has 0 aromatic heterocycles. The molecule has 1 saturated heterocycles. The Kier molecular flexibility index (Phi) is 6.81. The number of hydrogen-bond donors (Lipinski definition) is 1. The van der Waals surface area contributed by atoms with Crippen LogP contribution in [0.5, 0.6) is 0 Å². The summed E-state index contributed by atoms with van der Waals surface area (Å²) in [6.07, 6.45) is 1.01. The van der Waals surface area contributed by atoms with E-state index in [9.17, 15) is 4.79 Å². The molecule has 1 aliphatic rings. The number of nitrogens with one attached hydrogen (secondary N) is 1. The summed E-state index contributed by atoms with van der Waals surface area (Å²) in [6.45, 7) is 12.1. The first-order valence-electron chi connectivity index (χ1n) is 9.20. The standard InChI is InChI=1S/C20H32N2O2/c1-16(2)18-7-5-8-19(15-18)17(3)20(23)21-9-6-10-22(4)11-13-24-14-12-22/h5,7-8,15-17H,6,9-14H2,1-4H3/p+1/t17-/m1/s1. The van der Waals surface area contributed by atoms with Crippen LogP contribution in [0.15, 0.2) is 24.3 Å². The predicted octanol–water partition coefficient (Wildman–Crippen LogP) is 2.90. The fraction of sp³-hybridized carbons (Fsp3) is 0.650. The van der Waals surface area contributed by atoms with E-state index >= 15 is 0 Å². The summed E-state index contributed by atoms with van der Waals surface area (Å²) in [6, 6.07) is 8.40. The van der Waals surface area contributed by atoms with Crippen LogP contribution in [0.1, 0.15) is 50.2 Å². The topological polar surface area (TPSA) is 38.3 Å². The van der Waals surface area contributed by atoms with Crippen molar-refractivity contribution in [2.45, 2.75) is 39.0 Å². The highest BCUT2D eigenvalue weighted by atomic mass is 16.5. The molecular formula is C20H33N2O2+. The van der Waals surface area contributed by atoms with Gasteiger partial charge in [-0.25, -0.2) is 0 Å². The van der Waals surface area contributed by atoms with Crippen molar-refractivity contribution < 1.29 is 14.0 Å².